The van der Waals surface area contributed by atoms with E-state index in [0.29, 0.717) is 11.5 Å². The van der Waals surface area contributed by atoms with E-state index in [1.54, 1.807) is 0 Å². The number of aromatic nitrogens is 3. The Morgan fingerprint density at radius 1 is 1.55 bits per heavy atom. The zero-order chi connectivity index (χ0) is 14.9. The maximum atomic E-state index is 11.1. The molecule has 0 radical (unpaired) electrons. The predicted octanol–water partition coefficient (Wildman–Crippen LogP) is 1.65. The molecule has 0 saturated carbocycles. The molecule has 0 amide bonds. The number of carboxylic acid groups (broad SMARTS) is 1. The number of hydrogen-bond acceptors (Lipinski definition) is 6. The molecular formula is C11H12N4O5. The van der Waals surface area contributed by atoms with Crippen molar-refractivity contribution in [3.05, 3.63) is 39.4 Å². The maximum Gasteiger partial charge on any atom is 0.433 e. The van der Waals surface area contributed by atoms with Gasteiger partial charge in [0.05, 0.1) is 11.8 Å². The molecule has 20 heavy (non-hydrogen) atoms. The summed E-state index contributed by atoms with van der Waals surface area (Å²) in [4.78, 5) is 20.9. The molecule has 2 heterocycles. The first-order valence-electron chi connectivity index (χ1n) is 5.80. The average molecular weight is 280 g/mol. The van der Waals surface area contributed by atoms with Crippen molar-refractivity contribution in [1.82, 2.24) is 15.0 Å². The average Bonchev–Trinajstić information content (AvgIpc) is 2.95. The van der Waals surface area contributed by atoms with Crippen molar-refractivity contribution in [3.63, 3.8) is 0 Å². The van der Waals surface area contributed by atoms with Crippen molar-refractivity contribution in [2.45, 2.75) is 26.3 Å². The Balaban J connectivity index is 2.33. The second-order valence-electron chi connectivity index (χ2n) is 4.44. The summed E-state index contributed by atoms with van der Waals surface area (Å²) in [7, 11) is 0. The van der Waals surface area contributed by atoms with Crippen LogP contribution in [0.25, 0.3) is 0 Å². The van der Waals surface area contributed by atoms with E-state index in [0.717, 1.165) is 0 Å². The van der Waals surface area contributed by atoms with E-state index < -0.39 is 10.9 Å². The zero-order valence-electron chi connectivity index (χ0n) is 10.8. The first kappa shape index (κ1) is 13.7. The minimum Gasteiger partial charge on any atom is -0.476 e. The number of nitro groups is 1. The van der Waals surface area contributed by atoms with Gasteiger partial charge in [-0.25, -0.2) is 9.48 Å². The van der Waals surface area contributed by atoms with Crippen molar-refractivity contribution in [3.8, 4) is 0 Å². The van der Waals surface area contributed by atoms with Crippen LogP contribution in [-0.4, -0.2) is 31.0 Å². The largest absolute Gasteiger partial charge is 0.476 e. The van der Waals surface area contributed by atoms with Crippen LogP contribution in [0.5, 0.6) is 0 Å². The van der Waals surface area contributed by atoms with Crippen molar-refractivity contribution in [2.24, 2.45) is 0 Å². The molecule has 0 fully saturated rings. The van der Waals surface area contributed by atoms with Gasteiger partial charge in [-0.3, -0.25) is 10.1 Å². The molecule has 0 atom stereocenters. The predicted molar refractivity (Wildman–Crippen MR) is 65.5 cm³/mol. The Labute approximate surface area is 113 Å². The number of rotatable bonds is 5. The summed E-state index contributed by atoms with van der Waals surface area (Å²) in [5.41, 5.74) is 0.317. The Kier molecular flexibility index (Phi) is 3.51. The maximum absolute atomic E-state index is 11.1. The van der Waals surface area contributed by atoms with Gasteiger partial charge in [0.1, 0.15) is 17.2 Å². The molecule has 2 aromatic rings. The SMILES string of the molecule is CC(C)c1c(C(=O)O)nnn1Cc1ccc([N+](=O)[O-])o1. The molecular weight excluding hydrogens is 268 g/mol. The molecule has 2 rings (SSSR count). The number of carbonyl (C=O) groups is 1. The smallest absolute Gasteiger partial charge is 0.433 e. The van der Waals surface area contributed by atoms with Gasteiger partial charge in [0.25, 0.3) is 0 Å². The van der Waals surface area contributed by atoms with E-state index in [1.165, 1.54) is 16.8 Å². The molecule has 0 spiro atoms. The fourth-order valence-corrected chi connectivity index (χ4v) is 1.86. The van der Waals surface area contributed by atoms with Crippen LogP contribution < -0.4 is 0 Å². The van der Waals surface area contributed by atoms with Gasteiger partial charge in [0.2, 0.25) is 0 Å². The zero-order valence-corrected chi connectivity index (χ0v) is 10.8. The number of aromatic carboxylic acids is 1. The second kappa shape index (κ2) is 5.11. The number of hydrogen-bond donors (Lipinski definition) is 1. The van der Waals surface area contributed by atoms with Gasteiger partial charge in [0, 0.05) is 0 Å². The molecule has 9 heteroatoms. The van der Waals surface area contributed by atoms with Crippen molar-refractivity contribution in [1.29, 1.82) is 0 Å². The third-order valence-corrected chi connectivity index (χ3v) is 2.66. The van der Waals surface area contributed by atoms with E-state index in [-0.39, 0.29) is 24.0 Å². The van der Waals surface area contributed by atoms with Gasteiger partial charge in [-0.2, -0.15) is 0 Å². The van der Waals surface area contributed by atoms with E-state index in [1.807, 2.05) is 13.8 Å². The first-order valence-corrected chi connectivity index (χ1v) is 5.80. The monoisotopic (exact) mass is 280 g/mol. The normalized spacial score (nSPS) is 10.9. The highest BCUT2D eigenvalue weighted by molar-refractivity contribution is 5.86. The van der Waals surface area contributed by atoms with Gasteiger partial charge in [-0.05, 0) is 12.0 Å². The molecule has 0 aliphatic carbocycles. The van der Waals surface area contributed by atoms with Crippen LogP contribution >= 0.6 is 0 Å². The van der Waals surface area contributed by atoms with Crippen molar-refractivity contribution < 1.29 is 19.2 Å². The van der Waals surface area contributed by atoms with Gasteiger partial charge >= 0.3 is 11.9 Å². The third-order valence-electron chi connectivity index (χ3n) is 2.66. The van der Waals surface area contributed by atoms with Crippen LogP contribution in [0.1, 0.15) is 41.7 Å². The quantitative estimate of drug-likeness (QED) is 0.652. The molecule has 0 saturated heterocycles. The summed E-state index contributed by atoms with van der Waals surface area (Å²) in [6.07, 6.45) is 0. The van der Waals surface area contributed by atoms with Gasteiger partial charge in [-0.1, -0.05) is 19.1 Å². The van der Waals surface area contributed by atoms with Crippen molar-refractivity contribution in [2.75, 3.05) is 0 Å². The fourth-order valence-electron chi connectivity index (χ4n) is 1.86. The van der Waals surface area contributed by atoms with Crippen molar-refractivity contribution >= 4 is 11.9 Å². The summed E-state index contributed by atoms with van der Waals surface area (Å²) in [6, 6.07) is 2.68. The van der Waals surface area contributed by atoms with Gasteiger partial charge < -0.3 is 9.52 Å². The highest BCUT2D eigenvalue weighted by Crippen LogP contribution is 2.21. The second-order valence-corrected chi connectivity index (χ2v) is 4.44. The molecule has 0 unspecified atom stereocenters. The number of furan rings is 1. The van der Waals surface area contributed by atoms with Crippen LogP contribution in [0.3, 0.4) is 0 Å². The Morgan fingerprint density at radius 2 is 2.25 bits per heavy atom. The Hall–Kier alpha value is -2.71. The summed E-state index contributed by atoms with van der Waals surface area (Å²) < 4.78 is 6.39. The minimum atomic E-state index is -1.16. The Bertz CT molecular complexity index is 658. The molecule has 106 valence electrons. The lowest BCUT2D eigenvalue weighted by Crippen LogP contribution is -2.10. The van der Waals surface area contributed by atoms with E-state index in [2.05, 4.69) is 10.3 Å². The lowest BCUT2D eigenvalue weighted by Gasteiger charge is -2.08. The highest BCUT2D eigenvalue weighted by Gasteiger charge is 2.22. The minimum absolute atomic E-state index is 0.0850. The van der Waals surface area contributed by atoms with Crippen LogP contribution in [0.15, 0.2) is 16.5 Å². The van der Waals surface area contributed by atoms with E-state index in [9.17, 15) is 14.9 Å². The Morgan fingerprint density at radius 3 is 2.75 bits per heavy atom. The van der Waals surface area contributed by atoms with Crippen LogP contribution in [0.2, 0.25) is 0 Å². The van der Waals surface area contributed by atoms with Gasteiger partial charge in [-0.15, -0.1) is 5.10 Å². The summed E-state index contributed by atoms with van der Waals surface area (Å²) in [5, 5.41) is 27.0. The fraction of sp³-hybridized carbons (Fsp3) is 0.364. The summed E-state index contributed by atoms with van der Waals surface area (Å²) in [5.74, 6) is -1.34. The topological polar surface area (TPSA) is 124 Å². The molecule has 2 aromatic heterocycles. The lowest BCUT2D eigenvalue weighted by molar-refractivity contribution is -0.402. The first-order chi connectivity index (χ1) is 9.40. The lowest BCUT2D eigenvalue weighted by atomic mass is 10.1. The number of carboxylic acids is 1. The van der Waals surface area contributed by atoms with Crippen LogP contribution in [-0.2, 0) is 6.54 Å². The molecule has 9 nitrogen and oxygen atoms in total. The standard InChI is InChI=1S/C11H12N4O5/c1-6(2)10-9(11(16)17)12-13-14(10)5-7-3-4-8(20-7)15(18)19/h3-4,6H,5H2,1-2H3,(H,16,17). The highest BCUT2D eigenvalue weighted by atomic mass is 16.6. The van der Waals surface area contributed by atoms with E-state index in [4.69, 9.17) is 9.52 Å². The molecule has 0 bridgehead atoms. The molecule has 0 aliphatic heterocycles. The number of nitrogens with zero attached hydrogens (tertiary/aromatic N) is 4. The van der Waals surface area contributed by atoms with Crippen LogP contribution in [0.4, 0.5) is 5.88 Å². The molecule has 1 N–H and O–H groups in total. The molecule has 0 aliphatic rings. The third kappa shape index (κ3) is 2.51. The summed E-state index contributed by atoms with van der Waals surface area (Å²) >= 11 is 0. The molecule has 0 aromatic carbocycles. The van der Waals surface area contributed by atoms with E-state index >= 15 is 0 Å². The summed E-state index contributed by atoms with van der Waals surface area (Å²) in [6.45, 7) is 3.71. The van der Waals surface area contributed by atoms with Crippen LogP contribution in [0, 0.1) is 10.1 Å². The van der Waals surface area contributed by atoms with Gasteiger partial charge in [0.15, 0.2) is 5.69 Å².